The molecule has 3 nitrogen and oxygen atoms in total. The van der Waals surface area contributed by atoms with E-state index in [0.717, 1.165) is 31.9 Å². The quantitative estimate of drug-likeness (QED) is 0.397. The highest BCUT2D eigenvalue weighted by Gasteiger charge is 2.43. The van der Waals surface area contributed by atoms with E-state index in [1.54, 1.807) is 0 Å². The van der Waals surface area contributed by atoms with Gasteiger partial charge in [-0.15, -0.1) is 0 Å². The van der Waals surface area contributed by atoms with Gasteiger partial charge in [-0.3, -0.25) is 0 Å². The zero-order valence-corrected chi connectivity index (χ0v) is 5.33. The molecule has 0 atom stereocenters. The molecule has 0 aromatic carbocycles. The van der Waals surface area contributed by atoms with E-state index in [4.69, 9.17) is 5.41 Å². The normalized spacial score (nSPS) is 30.9. The molecule has 0 bridgehead atoms. The highest BCUT2D eigenvalue weighted by Crippen LogP contribution is 2.25. The van der Waals surface area contributed by atoms with Crippen LogP contribution in [-0.4, -0.2) is 31.9 Å². The Hall–Kier alpha value is -0.410. The van der Waals surface area contributed by atoms with Crippen molar-refractivity contribution < 1.29 is 0 Å². The minimum Gasteiger partial charge on any atom is -0.315 e. The summed E-state index contributed by atoms with van der Waals surface area (Å²) in [6.07, 6.45) is 0. The maximum absolute atomic E-state index is 7.55. The third-order valence-electron chi connectivity index (χ3n) is 2.33. The Morgan fingerprint density at radius 1 is 1.22 bits per heavy atom. The molecule has 0 amide bonds. The fourth-order valence-corrected chi connectivity index (χ4v) is 1.49. The van der Waals surface area contributed by atoms with Gasteiger partial charge in [-0.1, -0.05) is 0 Å². The highest BCUT2D eigenvalue weighted by molar-refractivity contribution is 5.92. The average molecular weight is 125 g/mol. The zero-order valence-electron chi connectivity index (χ0n) is 5.33. The van der Waals surface area contributed by atoms with E-state index in [1.807, 2.05) is 0 Å². The summed E-state index contributed by atoms with van der Waals surface area (Å²) >= 11 is 0. The lowest BCUT2D eigenvalue weighted by Crippen LogP contribution is -2.58. The van der Waals surface area contributed by atoms with E-state index in [-0.39, 0.29) is 5.41 Å². The Balaban J connectivity index is 2.17. The van der Waals surface area contributed by atoms with Gasteiger partial charge in [0.05, 0.1) is 0 Å². The van der Waals surface area contributed by atoms with Crippen molar-refractivity contribution in [3.05, 3.63) is 0 Å². The van der Waals surface area contributed by atoms with Gasteiger partial charge < -0.3 is 16.0 Å². The zero-order chi connectivity index (χ0) is 6.32. The lowest BCUT2D eigenvalue weighted by Gasteiger charge is -2.38. The van der Waals surface area contributed by atoms with E-state index in [0.29, 0.717) is 0 Å². The maximum atomic E-state index is 7.55. The summed E-state index contributed by atoms with van der Waals surface area (Å²) in [4.78, 5) is 0. The Morgan fingerprint density at radius 3 is 2.11 bits per heavy atom. The van der Waals surface area contributed by atoms with Gasteiger partial charge in [0.1, 0.15) is 0 Å². The molecule has 3 heteroatoms. The van der Waals surface area contributed by atoms with E-state index >= 15 is 0 Å². The van der Waals surface area contributed by atoms with Gasteiger partial charge in [0.15, 0.2) is 0 Å². The Labute approximate surface area is 54.3 Å². The van der Waals surface area contributed by atoms with Crippen molar-refractivity contribution in [1.82, 2.24) is 10.6 Å². The largest absolute Gasteiger partial charge is 0.315 e. The first-order valence-corrected chi connectivity index (χ1v) is 3.33. The molecule has 0 radical (unpaired) electrons. The molecule has 2 rings (SSSR count). The van der Waals surface area contributed by atoms with Crippen molar-refractivity contribution >= 4 is 5.71 Å². The maximum Gasteiger partial charge on any atom is 0.0466 e. The lowest BCUT2D eigenvalue weighted by atomic mass is 9.80. The van der Waals surface area contributed by atoms with Crippen LogP contribution in [0.3, 0.4) is 0 Å². The molecule has 2 saturated heterocycles. The molecule has 0 saturated carbocycles. The molecule has 2 fully saturated rings. The molecule has 2 aliphatic heterocycles. The first-order valence-electron chi connectivity index (χ1n) is 3.33. The standard InChI is InChI=1S/C6H11N3/c7-5-1-8-2-6(5)3-9-4-6/h7-9H,1-4H2. The van der Waals surface area contributed by atoms with Crippen LogP contribution in [0.5, 0.6) is 0 Å². The van der Waals surface area contributed by atoms with Gasteiger partial charge in [0.25, 0.3) is 0 Å². The number of rotatable bonds is 0. The van der Waals surface area contributed by atoms with E-state index in [9.17, 15) is 0 Å². The third-order valence-corrected chi connectivity index (χ3v) is 2.33. The number of hydrogen-bond acceptors (Lipinski definition) is 3. The first-order chi connectivity index (χ1) is 4.33. The Morgan fingerprint density at radius 2 is 1.89 bits per heavy atom. The van der Waals surface area contributed by atoms with Crippen LogP contribution >= 0.6 is 0 Å². The molecule has 0 unspecified atom stereocenters. The summed E-state index contributed by atoms with van der Waals surface area (Å²) in [5, 5.41) is 13.9. The van der Waals surface area contributed by atoms with Crippen LogP contribution in [-0.2, 0) is 0 Å². The highest BCUT2D eigenvalue weighted by atomic mass is 15.1. The third kappa shape index (κ3) is 0.559. The van der Waals surface area contributed by atoms with Crippen LogP contribution in [0, 0.1) is 10.8 Å². The molecule has 3 N–H and O–H groups in total. The van der Waals surface area contributed by atoms with Crippen molar-refractivity contribution in [3.8, 4) is 0 Å². The van der Waals surface area contributed by atoms with Gasteiger partial charge >= 0.3 is 0 Å². The van der Waals surface area contributed by atoms with E-state index in [2.05, 4.69) is 10.6 Å². The minimum atomic E-state index is 0.236. The first kappa shape index (κ1) is 5.38. The summed E-state index contributed by atoms with van der Waals surface area (Å²) in [7, 11) is 0. The molecular weight excluding hydrogens is 114 g/mol. The molecule has 1 spiro atoms. The van der Waals surface area contributed by atoms with Crippen molar-refractivity contribution in [2.24, 2.45) is 5.41 Å². The summed E-state index contributed by atoms with van der Waals surface area (Å²) in [5.74, 6) is 0. The second-order valence-electron chi connectivity index (χ2n) is 2.97. The van der Waals surface area contributed by atoms with Crippen LogP contribution in [0.1, 0.15) is 0 Å². The van der Waals surface area contributed by atoms with Crippen molar-refractivity contribution in [3.63, 3.8) is 0 Å². The SMILES string of the molecule is N=C1CNCC12CNC2. The van der Waals surface area contributed by atoms with Crippen LogP contribution in [0.4, 0.5) is 0 Å². The van der Waals surface area contributed by atoms with Crippen molar-refractivity contribution in [1.29, 1.82) is 5.41 Å². The smallest absolute Gasteiger partial charge is 0.0466 e. The molecule has 2 aliphatic rings. The second-order valence-corrected chi connectivity index (χ2v) is 2.97. The van der Waals surface area contributed by atoms with E-state index in [1.165, 1.54) is 0 Å². The Kier molecular flexibility index (Phi) is 0.926. The van der Waals surface area contributed by atoms with Gasteiger partial charge in [-0.25, -0.2) is 0 Å². The van der Waals surface area contributed by atoms with Crippen molar-refractivity contribution in [2.75, 3.05) is 26.2 Å². The number of nitrogens with one attached hydrogen (secondary N) is 3. The van der Waals surface area contributed by atoms with Crippen molar-refractivity contribution in [2.45, 2.75) is 0 Å². The predicted molar refractivity (Wildman–Crippen MR) is 35.9 cm³/mol. The van der Waals surface area contributed by atoms with Crippen LogP contribution in [0.15, 0.2) is 0 Å². The Bertz CT molecular complexity index is 148. The number of hydrogen-bond donors (Lipinski definition) is 3. The monoisotopic (exact) mass is 125 g/mol. The summed E-state index contributed by atoms with van der Waals surface area (Å²) in [6, 6.07) is 0. The molecule has 0 aromatic rings. The fraction of sp³-hybridized carbons (Fsp3) is 0.833. The summed E-state index contributed by atoms with van der Waals surface area (Å²) < 4.78 is 0. The molecule has 9 heavy (non-hydrogen) atoms. The van der Waals surface area contributed by atoms with Crippen LogP contribution in [0.25, 0.3) is 0 Å². The van der Waals surface area contributed by atoms with Gasteiger partial charge in [-0.2, -0.15) is 0 Å². The van der Waals surface area contributed by atoms with Crippen LogP contribution in [0.2, 0.25) is 0 Å². The molecule has 0 aromatic heterocycles. The second kappa shape index (κ2) is 1.55. The summed E-state index contributed by atoms with van der Waals surface area (Å²) in [6.45, 7) is 3.85. The van der Waals surface area contributed by atoms with Gasteiger partial charge in [0, 0.05) is 37.3 Å². The minimum absolute atomic E-state index is 0.236. The molecular formula is C6H11N3. The van der Waals surface area contributed by atoms with E-state index < -0.39 is 0 Å². The average Bonchev–Trinajstić information content (AvgIpc) is 2.07. The lowest BCUT2D eigenvalue weighted by molar-refractivity contribution is 0.281. The predicted octanol–water partition coefficient (Wildman–Crippen LogP) is -0.801. The topological polar surface area (TPSA) is 47.9 Å². The molecule has 0 aliphatic carbocycles. The van der Waals surface area contributed by atoms with Gasteiger partial charge in [0.2, 0.25) is 0 Å². The molecule has 2 heterocycles. The molecule has 50 valence electrons. The van der Waals surface area contributed by atoms with Gasteiger partial charge in [-0.05, 0) is 0 Å². The summed E-state index contributed by atoms with van der Waals surface area (Å²) in [5.41, 5.74) is 1.13. The van der Waals surface area contributed by atoms with Crippen LogP contribution < -0.4 is 10.6 Å². The fourth-order valence-electron chi connectivity index (χ4n) is 1.49.